The highest BCUT2D eigenvalue weighted by molar-refractivity contribution is 6.01. The summed E-state index contributed by atoms with van der Waals surface area (Å²) in [7, 11) is 0. The molecule has 0 amide bonds. The zero-order chi connectivity index (χ0) is 24.4. The van der Waals surface area contributed by atoms with Crippen molar-refractivity contribution in [2.45, 2.75) is 84.1 Å². The quantitative estimate of drug-likeness (QED) is 0.638. The third kappa shape index (κ3) is 2.90. The van der Waals surface area contributed by atoms with Crippen molar-refractivity contribution in [3.63, 3.8) is 0 Å². The first kappa shape index (κ1) is 24.1. The molecule has 5 unspecified atom stereocenters. The van der Waals surface area contributed by atoms with Gasteiger partial charge in [0.25, 0.3) is 0 Å². The number of hydrogen-bond donors (Lipinski definition) is 1. The van der Waals surface area contributed by atoms with Gasteiger partial charge in [0.1, 0.15) is 0 Å². The Bertz CT molecular complexity index is 941. The summed E-state index contributed by atoms with van der Waals surface area (Å²) >= 11 is 0. The molecule has 0 aromatic rings. The van der Waals surface area contributed by atoms with Gasteiger partial charge in [-0.1, -0.05) is 32.4 Å². The number of alkyl halides is 1. The van der Waals surface area contributed by atoms with E-state index in [1.165, 1.54) is 12.2 Å². The number of aliphatic hydroxyl groups excluding tert-OH is 1. The predicted molar refractivity (Wildman–Crippen MR) is 119 cm³/mol. The lowest BCUT2D eigenvalue weighted by Crippen LogP contribution is -2.70. The van der Waals surface area contributed by atoms with Crippen molar-refractivity contribution < 1.29 is 33.4 Å². The summed E-state index contributed by atoms with van der Waals surface area (Å²) in [5.41, 5.74) is -4.98. The van der Waals surface area contributed by atoms with Gasteiger partial charge in [-0.05, 0) is 57.6 Å². The van der Waals surface area contributed by atoms with Gasteiger partial charge < -0.3 is 14.6 Å². The van der Waals surface area contributed by atoms with Gasteiger partial charge in [-0.3, -0.25) is 9.59 Å². The first-order chi connectivity index (χ1) is 15.4. The fourth-order valence-electron chi connectivity index (χ4n) is 7.71. The molecule has 4 aliphatic carbocycles. The van der Waals surface area contributed by atoms with Crippen LogP contribution in [0.5, 0.6) is 0 Å². The van der Waals surface area contributed by atoms with Crippen LogP contribution >= 0.6 is 0 Å². The van der Waals surface area contributed by atoms with Crippen LogP contribution in [0, 0.1) is 28.6 Å². The van der Waals surface area contributed by atoms with Gasteiger partial charge in [0.05, 0.1) is 12.7 Å². The standard InChI is InChI=1S/C26H35FO6/c1-6-21(30)33-26(22(31)32-7-2)15(3)12-19-18-9-8-16-13-17(28)10-11-23(16,4)25(18,27)20(29)14-24(19,26)5/h10-11,13,15,18-20,29H,6-9,12,14H2,1-5H3/t15-,18?,19?,20-,23?,24?,25?,26-/m0/s1. The Labute approximate surface area is 194 Å². The van der Waals surface area contributed by atoms with Crippen LogP contribution in [0.25, 0.3) is 0 Å². The Morgan fingerprint density at radius 1 is 1.24 bits per heavy atom. The lowest BCUT2D eigenvalue weighted by atomic mass is 9.44. The Balaban J connectivity index is 1.84. The number of rotatable bonds is 4. The van der Waals surface area contributed by atoms with Crippen molar-refractivity contribution in [1.29, 1.82) is 0 Å². The van der Waals surface area contributed by atoms with E-state index in [9.17, 15) is 19.5 Å². The van der Waals surface area contributed by atoms with Gasteiger partial charge in [0.2, 0.25) is 5.60 Å². The van der Waals surface area contributed by atoms with Gasteiger partial charge in [-0.2, -0.15) is 0 Å². The summed E-state index contributed by atoms with van der Waals surface area (Å²) in [6, 6.07) is 0. The lowest BCUT2D eigenvalue weighted by molar-refractivity contribution is -0.236. The number of carbonyl (C=O) groups excluding carboxylic acids is 3. The molecule has 4 aliphatic rings. The normalized spacial score (nSPS) is 46.0. The fourth-order valence-corrected chi connectivity index (χ4v) is 7.71. The van der Waals surface area contributed by atoms with Crippen LogP contribution in [0.2, 0.25) is 0 Å². The SMILES string of the molecule is CCOC(=O)[C@@]1(OC(=O)CC)[C@@H](C)CC2C3CCC4=CC(=O)C=CC4(C)C3(F)[C@@H](O)CC21C. The van der Waals surface area contributed by atoms with E-state index in [4.69, 9.17) is 9.47 Å². The zero-order valence-electron chi connectivity index (χ0n) is 20.2. The first-order valence-electron chi connectivity index (χ1n) is 12.1. The van der Waals surface area contributed by atoms with Crippen LogP contribution in [0.15, 0.2) is 23.8 Å². The van der Waals surface area contributed by atoms with E-state index in [-0.39, 0.29) is 31.1 Å². The number of carbonyl (C=O) groups is 3. The fraction of sp³-hybridized carbons (Fsp3) is 0.731. The number of allylic oxidation sites excluding steroid dienone is 4. The van der Waals surface area contributed by atoms with Gasteiger partial charge >= 0.3 is 11.9 Å². The van der Waals surface area contributed by atoms with Crippen LogP contribution in [0.1, 0.15) is 66.7 Å². The molecule has 0 bridgehead atoms. The number of ketones is 1. The van der Waals surface area contributed by atoms with E-state index in [1.807, 2.05) is 13.8 Å². The van der Waals surface area contributed by atoms with E-state index in [2.05, 4.69) is 0 Å². The van der Waals surface area contributed by atoms with Crippen molar-refractivity contribution >= 4 is 17.7 Å². The predicted octanol–water partition coefficient (Wildman–Crippen LogP) is 3.86. The number of esters is 2. The zero-order valence-corrected chi connectivity index (χ0v) is 20.2. The summed E-state index contributed by atoms with van der Waals surface area (Å²) in [5, 5.41) is 11.5. The monoisotopic (exact) mass is 462 g/mol. The Hall–Kier alpha value is -2.02. The Morgan fingerprint density at radius 3 is 2.58 bits per heavy atom. The van der Waals surface area contributed by atoms with Crippen LogP contribution in [-0.4, -0.2) is 46.8 Å². The molecule has 0 radical (unpaired) electrons. The van der Waals surface area contributed by atoms with Crippen molar-refractivity contribution in [2.75, 3.05) is 6.61 Å². The number of fused-ring (bicyclic) bond motifs is 5. The van der Waals surface area contributed by atoms with Crippen molar-refractivity contribution in [1.82, 2.24) is 0 Å². The maximum atomic E-state index is 17.2. The minimum absolute atomic E-state index is 0.0462. The summed E-state index contributed by atoms with van der Waals surface area (Å²) in [6.07, 6.45) is 4.60. The van der Waals surface area contributed by atoms with Crippen LogP contribution in [0.4, 0.5) is 4.39 Å². The van der Waals surface area contributed by atoms with Gasteiger partial charge in [-0.25, -0.2) is 9.18 Å². The Morgan fingerprint density at radius 2 is 1.94 bits per heavy atom. The van der Waals surface area contributed by atoms with E-state index in [0.29, 0.717) is 24.8 Å². The highest BCUT2D eigenvalue weighted by Crippen LogP contribution is 2.71. The average molecular weight is 463 g/mol. The number of ether oxygens (including phenoxy) is 2. The van der Waals surface area contributed by atoms with E-state index < -0.39 is 52.0 Å². The second kappa shape index (κ2) is 7.76. The maximum Gasteiger partial charge on any atom is 0.351 e. The summed E-state index contributed by atoms with van der Waals surface area (Å²) in [6.45, 7) is 8.94. The molecule has 0 aliphatic heterocycles. The molecule has 0 aromatic heterocycles. The second-order valence-corrected chi connectivity index (χ2v) is 10.7. The molecule has 0 spiro atoms. The summed E-state index contributed by atoms with van der Waals surface area (Å²) < 4.78 is 28.6. The molecule has 182 valence electrons. The highest BCUT2D eigenvalue weighted by atomic mass is 19.1. The molecular formula is C26H35FO6. The van der Waals surface area contributed by atoms with Gasteiger partial charge in [-0.15, -0.1) is 0 Å². The number of halogens is 1. The first-order valence-corrected chi connectivity index (χ1v) is 12.1. The minimum Gasteiger partial charge on any atom is -0.463 e. The molecule has 3 saturated carbocycles. The molecule has 4 rings (SSSR count). The molecule has 1 N–H and O–H groups in total. The van der Waals surface area contributed by atoms with Crippen molar-refractivity contribution in [3.8, 4) is 0 Å². The summed E-state index contributed by atoms with van der Waals surface area (Å²) in [4.78, 5) is 37.9. The third-order valence-electron chi connectivity index (χ3n) is 9.32. The van der Waals surface area contributed by atoms with Crippen molar-refractivity contribution in [2.24, 2.45) is 28.6 Å². The van der Waals surface area contributed by atoms with Crippen molar-refractivity contribution in [3.05, 3.63) is 23.8 Å². The average Bonchev–Trinajstić information content (AvgIpc) is 2.97. The van der Waals surface area contributed by atoms with Crippen LogP contribution < -0.4 is 0 Å². The van der Waals surface area contributed by atoms with Crippen LogP contribution in [-0.2, 0) is 23.9 Å². The minimum atomic E-state index is -2.00. The van der Waals surface area contributed by atoms with Gasteiger partial charge in [0.15, 0.2) is 11.5 Å². The molecule has 0 aromatic carbocycles. The Kier molecular flexibility index (Phi) is 5.67. The topological polar surface area (TPSA) is 89.9 Å². The number of hydrogen-bond acceptors (Lipinski definition) is 6. The van der Waals surface area contributed by atoms with E-state index in [0.717, 1.165) is 0 Å². The largest absolute Gasteiger partial charge is 0.463 e. The number of aliphatic hydroxyl groups is 1. The molecule has 6 nitrogen and oxygen atoms in total. The van der Waals surface area contributed by atoms with E-state index >= 15 is 4.39 Å². The molecule has 0 saturated heterocycles. The summed E-state index contributed by atoms with van der Waals surface area (Å²) in [5.74, 6) is -2.57. The lowest BCUT2D eigenvalue weighted by Gasteiger charge is -2.62. The van der Waals surface area contributed by atoms with Gasteiger partial charge in [0, 0.05) is 29.1 Å². The molecule has 0 heterocycles. The molecule has 33 heavy (non-hydrogen) atoms. The highest BCUT2D eigenvalue weighted by Gasteiger charge is 2.78. The molecule has 8 atom stereocenters. The second-order valence-electron chi connectivity index (χ2n) is 10.7. The molecular weight excluding hydrogens is 427 g/mol. The molecule has 7 heteroatoms. The smallest absolute Gasteiger partial charge is 0.351 e. The third-order valence-corrected chi connectivity index (χ3v) is 9.32. The molecule has 3 fully saturated rings. The maximum absolute atomic E-state index is 17.2. The van der Waals surface area contributed by atoms with Crippen LogP contribution in [0.3, 0.4) is 0 Å². The van der Waals surface area contributed by atoms with E-state index in [1.54, 1.807) is 26.8 Å².